The monoisotopic (exact) mass is 310 g/mol. The van der Waals surface area contributed by atoms with Crippen LogP contribution < -0.4 is 0 Å². The first-order valence-electron chi connectivity index (χ1n) is 6.42. The van der Waals surface area contributed by atoms with Crippen molar-refractivity contribution in [3.63, 3.8) is 0 Å². The van der Waals surface area contributed by atoms with E-state index in [1.54, 1.807) is 24.3 Å². The number of allylic oxidation sites excluding steroid dienone is 1. The highest BCUT2D eigenvalue weighted by Gasteiger charge is 2.40. The minimum absolute atomic E-state index is 0.127. The van der Waals surface area contributed by atoms with Gasteiger partial charge in [0, 0.05) is 25.3 Å². The van der Waals surface area contributed by atoms with E-state index in [0.717, 1.165) is 5.56 Å². The van der Waals surface area contributed by atoms with Gasteiger partial charge in [0.25, 0.3) is 5.79 Å². The first-order chi connectivity index (χ1) is 9.78. The SMILES string of the molecule is CC1(C)OC(=O)C(=C(O)CCc2ccc(Cl)cc2)C(=O)O1. The van der Waals surface area contributed by atoms with Crippen molar-refractivity contribution in [1.82, 2.24) is 0 Å². The highest BCUT2D eigenvalue weighted by Crippen LogP contribution is 2.25. The zero-order valence-electron chi connectivity index (χ0n) is 11.7. The van der Waals surface area contributed by atoms with Crippen molar-refractivity contribution < 1.29 is 24.2 Å². The molecule has 0 bridgehead atoms. The van der Waals surface area contributed by atoms with Gasteiger partial charge < -0.3 is 14.6 Å². The second-order valence-electron chi connectivity index (χ2n) is 5.13. The van der Waals surface area contributed by atoms with E-state index in [1.807, 2.05) is 0 Å². The van der Waals surface area contributed by atoms with E-state index in [0.29, 0.717) is 11.4 Å². The number of aryl methyl sites for hydroxylation is 1. The van der Waals surface area contributed by atoms with Gasteiger partial charge in [0.1, 0.15) is 5.76 Å². The van der Waals surface area contributed by atoms with Crippen LogP contribution in [0.3, 0.4) is 0 Å². The van der Waals surface area contributed by atoms with Crippen molar-refractivity contribution in [3.8, 4) is 0 Å². The van der Waals surface area contributed by atoms with Crippen molar-refractivity contribution in [2.75, 3.05) is 0 Å². The molecule has 2 rings (SSSR count). The lowest BCUT2D eigenvalue weighted by Gasteiger charge is -2.30. The molecule has 0 aromatic heterocycles. The number of esters is 2. The Morgan fingerprint density at radius 1 is 1.14 bits per heavy atom. The molecule has 1 saturated heterocycles. The molecule has 0 unspecified atom stereocenters. The van der Waals surface area contributed by atoms with Crippen LogP contribution in [0.4, 0.5) is 0 Å². The lowest BCUT2D eigenvalue weighted by molar-refractivity contribution is -0.222. The Balaban J connectivity index is 2.10. The number of ether oxygens (including phenoxy) is 2. The summed E-state index contributed by atoms with van der Waals surface area (Å²) in [6, 6.07) is 7.07. The molecule has 5 nitrogen and oxygen atoms in total. The highest BCUT2D eigenvalue weighted by molar-refractivity contribution is 6.30. The van der Waals surface area contributed by atoms with Gasteiger partial charge in [0.15, 0.2) is 5.57 Å². The predicted octanol–water partition coefficient (Wildman–Crippen LogP) is 2.92. The van der Waals surface area contributed by atoms with Crippen LogP contribution in [-0.2, 0) is 25.5 Å². The maximum Gasteiger partial charge on any atom is 0.352 e. The van der Waals surface area contributed by atoms with Gasteiger partial charge in [-0.2, -0.15) is 0 Å². The molecule has 0 radical (unpaired) electrons. The summed E-state index contributed by atoms with van der Waals surface area (Å²) in [5, 5.41) is 10.6. The van der Waals surface area contributed by atoms with Crippen LogP contribution in [0.1, 0.15) is 25.8 Å². The Hall–Kier alpha value is -2.01. The van der Waals surface area contributed by atoms with Crippen molar-refractivity contribution in [2.24, 2.45) is 0 Å². The first kappa shape index (κ1) is 15.4. The molecule has 0 aliphatic carbocycles. The van der Waals surface area contributed by atoms with Crippen molar-refractivity contribution in [1.29, 1.82) is 0 Å². The summed E-state index contributed by atoms with van der Waals surface area (Å²) in [6.45, 7) is 2.90. The molecule has 0 saturated carbocycles. The van der Waals surface area contributed by atoms with Gasteiger partial charge in [-0.25, -0.2) is 9.59 Å². The largest absolute Gasteiger partial charge is 0.511 e. The van der Waals surface area contributed by atoms with Crippen LogP contribution in [0.15, 0.2) is 35.6 Å². The van der Waals surface area contributed by atoms with Crippen molar-refractivity contribution >= 4 is 23.5 Å². The number of carbonyl (C=O) groups is 2. The standard InChI is InChI=1S/C15H15ClO5/c1-15(2)20-13(18)12(14(19)21-15)11(17)8-5-9-3-6-10(16)7-4-9/h3-4,6-7,17H,5,8H2,1-2H3. The van der Waals surface area contributed by atoms with E-state index in [2.05, 4.69) is 0 Å². The molecule has 112 valence electrons. The lowest BCUT2D eigenvalue weighted by Crippen LogP contribution is -2.42. The Kier molecular flexibility index (Phi) is 4.23. The molecule has 1 fully saturated rings. The summed E-state index contributed by atoms with van der Waals surface area (Å²) in [4.78, 5) is 23.5. The van der Waals surface area contributed by atoms with Gasteiger partial charge in [-0.15, -0.1) is 0 Å². The number of cyclic esters (lactones) is 2. The molecule has 1 aliphatic rings. The van der Waals surface area contributed by atoms with Gasteiger partial charge >= 0.3 is 11.9 Å². The molecular weight excluding hydrogens is 296 g/mol. The maximum atomic E-state index is 11.8. The minimum Gasteiger partial charge on any atom is -0.511 e. The fraction of sp³-hybridized carbons (Fsp3) is 0.333. The molecule has 1 heterocycles. The summed E-state index contributed by atoms with van der Waals surface area (Å²) in [5.41, 5.74) is 0.479. The zero-order chi connectivity index (χ0) is 15.6. The molecule has 0 spiro atoms. The summed E-state index contributed by atoms with van der Waals surface area (Å²) >= 11 is 5.78. The number of hydrogen-bond acceptors (Lipinski definition) is 5. The number of hydrogen-bond donors (Lipinski definition) is 1. The highest BCUT2D eigenvalue weighted by atomic mass is 35.5. The molecular formula is C15H15ClO5. The Bertz CT molecular complexity index is 579. The normalized spacial score (nSPS) is 17.2. The van der Waals surface area contributed by atoms with Gasteiger partial charge in [-0.05, 0) is 24.1 Å². The zero-order valence-corrected chi connectivity index (χ0v) is 12.4. The summed E-state index contributed by atoms with van der Waals surface area (Å²) in [6.07, 6.45) is 0.581. The number of halogens is 1. The van der Waals surface area contributed by atoms with Crippen LogP contribution in [0.5, 0.6) is 0 Å². The fourth-order valence-corrected chi connectivity index (χ4v) is 2.05. The lowest BCUT2D eigenvalue weighted by atomic mass is 10.1. The van der Waals surface area contributed by atoms with E-state index >= 15 is 0 Å². The van der Waals surface area contributed by atoms with Crippen molar-refractivity contribution in [3.05, 3.63) is 46.2 Å². The van der Waals surface area contributed by atoms with Crippen LogP contribution in [0.2, 0.25) is 5.02 Å². The van der Waals surface area contributed by atoms with Crippen LogP contribution in [0, 0.1) is 0 Å². The molecule has 0 amide bonds. The smallest absolute Gasteiger partial charge is 0.352 e. The summed E-state index contributed by atoms with van der Waals surface area (Å²) in [5.74, 6) is -3.39. The third kappa shape index (κ3) is 3.76. The maximum absolute atomic E-state index is 11.8. The number of aliphatic hydroxyl groups is 1. The molecule has 1 N–H and O–H groups in total. The van der Waals surface area contributed by atoms with Crippen LogP contribution in [0.25, 0.3) is 0 Å². The number of carbonyl (C=O) groups excluding carboxylic acids is 2. The quantitative estimate of drug-likeness (QED) is 0.402. The van der Waals surface area contributed by atoms with Gasteiger partial charge in [0.2, 0.25) is 0 Å². The molecule has 1 aromatic rings. The van der Waals surface area contributed by atoms with Crippen molar-refractivity contribution in [2.45, 2.75) is 32.5 Å². The molecule has 0 atom stereocenters. The second-order valence-corrected chi connectivity index (χ2v) is 5.56. The average molecular weight is 311 g/mol. The predicted molar refractivity (Wildman–Crippen MR) is 75.7 cm³/mol. The van der Waals surface area contributed by atoms with Gasteiger partial charge in [-0.1, -0.05) is 23.7 Å². The number of rotatable bonds is 3. The van der Waals surface area contributed by atoms with Crippen LogP contribution in [-0.4, -0.2) is 22.8 Å². The molecule has 6 heteroatoms. The first-order valence-corrected chi connectivity index (χ1v) is 6.79. The minimum atomic E-state index is -1.31. The second kappa shape index (κ2) is 5.77. The van der Waals surface area contributed by atoms with Gasteiger partial charge in [0.05, 0.1) is 0 Å². The van der Waals surface area contributed by atoms with E-state index in [1.165, 1.54) is 13.8 Å². The summed E-state index contributed by atoms with van der Waals surface area (Å²) < 4.78 is 9.86. The van der Waals surface area contributed by atoms with Crippen LogP contribution >= 0.6 is 11.6 Å². The average Bonchev–Trinajstić information content (AvgIpc) is 2.35. The van der Waals surface area contributed by atoms with Gasteiger partial charge in [-0.3, -0.25) is 0 Å². The number of aliphatic hydroxyl groups excluding tert-OH is 1. The Morgan fingerprint density at radius 3 is 2.19 bits per heavy atom. The van der Waals surface area contributed by atoms with E-state index in [9.17, 15) is 14.7 Å². The Morgan fingerprint density at radius 2 is 1.67 bits per heavy atom. The summed E-state index contributed by atoms with van der Waals surface area (Å²) in [7, 11) is 0. The van der Waals surface area contributed by atoms with E-state index in [-0.39, 0.29) is 12.2 Å². The Labute approximate surface area is 127 Å². The van der Waals surface area contributed by atoms with E-state index < -0.39 is 23.3 Å². The molecule has 21 heavy (non-hydrogen) atoms. The third-order valence-electron chi connectivity index (χ3n) is 2.94. The van der Waals surface area contributed by atoms with E-state index in [4.69, 9.17) is 21.1 Å². The number of benzene rings is 1. The fourth-order valence-electron chi connectivity index (χ4n) is 1.93. The third-order valence-corrected chi connectivity index (χ3v) is 3.19. The molecule has 1 aromatic carbocycles. The molecule has 1 aliphatic heterocycles. The topological polar surface area (TPSA) is 72.8 Å².